The summed E-state index contributed by atoms with van der Waals surface area (Å²) in [5.41, 5.74) is 14.7. The van der Waals surface area contributed by atoms with E-state index in [0.29, 0.717) is 0 Å². The van der Waals surface area contributed by atoms with Gasteiger partial charge in [-0.05, 0) is 75.7 Å². The molecule has 5 heterocycles. The average molecular weight is 744 g/mol. The molecule has 8 bridgehead atoms. The van der Waals surface area contributed by atoms with Crippen molar-refractivity contribution < 1.29 is 16.5 Å². The van der Waals surface area contributed by atoms with Gasteiger partial charge in [0.25, 0.3) is 0 Å². The van der Waals surface area contributed by atoms with E-state index in [2.05, 4.69) is 134 Å². The molecular formula is C47H36N6Ni+. The molecule has 2 aliphatic heterocycles. The van der Waals surface area contributed by atoms with Crippen LogP contribution < -0.4 is 9.97 Å². The Hall–Kier alpha value is -6.79. The maximum atomic E-state index is 7.32. The van der Waals surface area contributed by atoms with E-state index in [1.165, 1.54) is 13.8 Å². The predicted octanol–water partition coefficient (Wildman–Crippen LogP) is 11.6. The molecule has 54 heavy (non-hydrogen) atoms. The zero-order valence-corrected chi connectivity index (χ0v) is 31.1. The van der Waals surface area contributed by atoms with Gasteiger partial charge in [0.05, 0.1) is 34.9 Å². The first-order valence-electron chi connectivity index (χ1n) is 17.2. The third-order valence-electron chi connectivity index (χ3n) is 8.62. The summed E-state index contributed by atoms with van der Waals surface area (Å²) < 4.78 is 0. The number of hydrogen-bond acceptors (Lipinski definition) is 4. The van der Waals surface area contributed by atoms with Crippen LogP contribution in [-0.2, 0) is 16.5 Å². The van der Waals surface area contributed by atoms with Crippen LogP contribution >= 0.6 is 0 Å². The topological polar surface area (TPSA) is 102 Å². The minimum Gasteiger partial charge on any atom is -0.657 e. The maximum absolute atomic E-state index is 7.32. The van der Waals surface area contributed by atoms with Crippen molar-refractivity contribution >= 4 is 51.9 Å². The molecule has 0 fully saturated rings. The van der Waals surface area contributed by atoms with E-state index >= 15 is 0 Å². The maximum Gasteiger partial charge on any atom is 3.00 e. The molecule has 263 valence electrons. The van der Waals surface area contributed by atoms with Gasteiger partial charge in [-0.3, -0.25) is 0 Å². The van der Waals surface area contributed by atoms with Crippen molar-refractivity contribution in [3.05, 3.63) is 162 Å². The molecule has 0 aliphatic carbocycles. The third-order valence-corrected chi connectivity index (χ3v) is 8.62. The number of nitrogens with zero attached hydrogens (tertiary/aromatic N) is 6. The predicted molar refractivity (Wildman–Crippen MR) is 220 cm³/mol. The van der Waals surface area contributed by atoms with E-state index in [0.717, 1.165) is 89.4 Å². The number of benzene rings is 3. The Morgan fingerprint density at radius 2 is 0.852 bits per heavy atom. The number of hydrogen-bond donors (Lipinski definition) is 0. The SMILES string of the molecule is C=C/C(=C\C)c1c2nc(c(-c3ccccc3)c3ccc([n-]3)c(-c3ccccc3)c3nc(c(-c4ccccc4)c4ccc1[n-]4)C=C3)C=C2.CC#N.CC#N.[Ni+3]. The summed E-state index contributed by atoms with van der Waals surface area (Å²) in [5.74, 6) is 0. The van der Waals surface area contributed by atoms with Crippen LogP contribution in [0.4, 0.5) is 0 Å². The first kappa shape index (κ1) is 38.4. The smallest absolute Gasteiger partial charge is 0.657 e. The summed E-state index contributed by atoms with van der Waals surface area (Å²) in [7, 11) is 0. The molecule has 1 radical (unpaired) electrons. The summed E-state index contributed by atoms with van der Waals surface area (Å²) in [6.45, 7) is 9.01. The zero-order valence-electron chi connectivity index (χ0n) is 30.1. The molecule has 0 spiro atoms. The molecule has 7 heteroatoms. The molecule has 3 aromatic heterocycles. The fraction of sp³-hybridized carbons (Fsp3) is 0.0638. The van der Waals surface area contributed by atoms with Gasteiger partial charge in [-0.1, -0.05) is 134 Å². The van der Waals surface area contributed by atoms with Gasteiger partial charge < -0.3 is 9.97 Å². The van der Waals surface area contributed by atoms with Crippen molar-refractivity contribution in [2.24, 2.45) is 0 Å². The molecule has 0 atom stereocenters. The van der Waals surface area contributed by atoms with Crippen LogP contribution in [-0.4, -0.2) is 9.97 Å². The molecule has 6 aromatic rings. The van der Waals surface area contributed by atoms with Gasteiger partial charge >= 0.3 is 16.5 Å². The normalized spacial score (nSPS) is 11.1. The minimum absolute atomic E-state index is 0. The van der Waals surface area contributed by atoms with E-state index in [-0.39, 0.29) is 16.5 Å². The van der Waals surface area contributed by atoms with E-state index < -0.39 is 0 Å². The molecule has 6 nitrogen and oxygen atoms in total. The zero-order chi connectivity index (χ0) is 37.2. The average Bonchev–Trinajstić information content (AvgIpc) is 4.03. The summed E-state index contributed by atoms with van der Waals surface area (Å²) in [4.78, 5) is 21.1. The van der Waals surface area contributed by atoms with Crippen molar-refractivity contribution in [1.82, 2.24) is 19.9 Å². The Bertz CT molecular complexity index is 2570. The Balaban J connectivity index is 0.000000753. The Kier molecular flexibility index (Phi) is 12.9. The monoisotopic (exact) mass is 742 g/mol. The second kappa shape index (κ2) is 18.1. The van der Waals surface area contributed by atoms with Crippen LogP contribution in [0.25, 0.3) is 85.3 Å². The fourth-order valence-corrected chi connectivity index (χ4v) is 6.45. The van der Waals surface area contributed by atoms with Crippen LogP contribution in [0.15, 0.2) is 134 Å². The third kappa shape index (κ3) is 7.98. The van der Waals surface area contributed by atoms with Crippen molar-refractivity contribution in [3.8, 4) is 45.5 Å². The standard InChI is InChI=1S/C43H30N4.2C2H3N.Ni/c1-3-28(4-2)40-32-20-22-34(44-32)41(29-14-8-5-9-15-29)36-24-26-38(46-36)43(31-18-12-7-13-19-31)39-27-25-37(47-39)42(30-16-10-6-11-17-30)35-23-21-33(40)45-35;2*1-2-3;/h3-27H,1H2,2H3;2*1H3;/q-2;;;+3/b28-4+,40-32?,40-33?,41-34?,41-36?,42-35?,42-37?,43-38?,43-39?;;;. The van der Waals surface area contributed by atoms with E-state index in [4.69, 9.17) is 30.5 Å². The molecular weight excluding hydrogens is 707 g/mol. The fourth-order valence-electron chi connectivity index (χ4n) is 6.45. The quantitative estimate of drug-likeness (QED) is 0.128. The van der Waals surface area contributed by atoms with Crippen LogP contribution in [0.1, 0.15) is 49.1 Å². The van der Waals surface area contributed by atoms with Gasteiger partial charge in [0.15, 0.2) is 0 Å². The minimum atomic E-state index is 0. The first-order chi connectivity index (χ1) is 26.0. The van der Waals surface area contributed by atoms with Crippen molar-refractivity contribution in [2.45, 2.75) is 20.8 Å². The number of aromatic nitrogens is 4. The summed E-state index contributed by atoms with van der Waals surface area (Å²) in [6, 6.07) is 42.9. The van der Waals surface area contributed by atoms with Gasteiger partial charge in [0.2, 0.25) is 0 Å². The molecule has 0 saturated carbocycles. The van der Waals surface area contributed by atoms with Crippen LogP contribution in [0.3, 0.4) is 0 Å². The Morgan fingerprint density at radius 1 is 0.537 bits per heavy atom. The summed E-state index contributed by atoms with van der Waals surface area (Å²) >= 11 is 0. The van der Waals surface area contributed by atoms with E-state index in [1.54, 1.807) is 12.1 Å². The van der Waals surface area contributed by atoms with Crippen molar-refractivity contribution in [2.75, 3.05) is 0 Å². The molecule has 3 aromatic carbocycles. The van der Waals surface area contributed by atoms with Gasteiger partial charge in [0.1, 0.15) is 0 Å². The van der Waals surface area contributed by atoms with Gasteiger partial charge in [-0.2, -0.15) is 10.5 Å². The van der Waals surface area contributed by atoms with Crippen LogP contribution in [0, 0.1) is 22.7 Å². The summed E-state index contributed by atoms with van der Waals surface area (Å²) in [6.07, 6.45) is 12.3. The number of nitriles is 2. The molecule has 8 rings (SSSR count). The molecule has 2 aliphatic rings. The van der Waals surface area contributed by atoms with E-state index in [1.807, 2.05) is 31.2 Å². The van der Waals surface area contributed by atoms with Gasteiger partial charge in [0, 0.05) is 13.8 Å². The molecule has 0 amide bonds. The Labute approximate surface area is 326 Å². The number of fused-ring (bicyclic) bond motifs is 8. The molecule has 0 saturated heterocycles. The van der Waals surface area contributed by atoms with Crippen LogP contribution in [0.2, 0.25) is 0 Å². The van der Waals surface area contributed by atoms with Crippen LogP contribution in [0.5, 0.6) is 0 Å². The van der Waals surface area contributed by atoms with Crippen molar-refractivity contribution in [1.29, 1.82) is 10.5 Å². The largest absolute Gasteiger partial charge is 3.00 e. The van der Waals surface area contributed by atoms with Gasteiger partial charge in [-0.15, -0.1) is 22.1 Å². The second-order valence-electron chi connectivity index (χ2n) is 11.9. The first-order valence-corrected chi connectivity index (χ1v) is 17.2. The summed E-state index contributed by atoms with van der Waals surface area (Å²) in [5, 5.41) is 14.6. The van der Waals surface area contributed by atoms with Gasteiger partial charge in [-0.25, -0.2) is 9.97 Å². The molecule has 0 unspecified atom stereocenters. The van der Waals surface area contributed by atoms with E-state index in [9.17, 15) is 0 Å². The van der Waals surface area contributed by atoms with Crippen molar-refractivity contribution in [3.63, 3.8) is 0 Å². The number of allylic oxidation sites excluding steroid dienone is 3. The molecule has 0 N–H and O–H groups in total. The number of rotatable bonds is 5. The second-order valence-corrected chi connectivity index (χ2v) is 11.9. The Morgan fingerprint density at radius 3 is 1.20 bits per heavy atom.